The van der Waals surface area contributed by atoms with Crippen molar-refractivity contribution in [3.8, 4) is 0 Å². The van der Waals surface area contributed by atoms with E-state index in [0.29, 0.717) is 11.8 Å². The van der Waals surface area contributed by atoms with Gasteiger partial charge in [-0.15, -0.1) is 0 Å². The first kappa shape index (κ1) is 17.9. The summed E-state index contributed by atoms with van der Waals surface area (Å²) in [5.41, 5.74) is 3.20. The molecule has 3 unspecified atom stereocenters. The minimum absolute atomic E-state index is 0.267. The van der Waals surface area contributed by atoms with Crippen molar-refractivity contribution in [3.63, 3.8) is 0 Å². The summed E-state index contributed by atoms with van der Waals surface area (Å²) >= 11 is 0. The van der Waals surface area contributed by atoms with Crippen molar-refractivity contribution in [1.29, 1.82) is 0 Å². The van der Waals surface area contributed by atoms with E-state index in [0.717, 1.165) is 30.4 Å². The largest absolute Gasteiger partial charge is 0.292 e. The highest BCUT2D eigenvalue weighted by Gasteiger charge is 2.70. The number of ketones is 1. The van der Waals surface area contributed by atoms with Crippen molar-refractivity contribution in [2.75, 3.05) is 0 Å². The second-order valence-electron chi connectivity index (χ2n) is 8.70. The molecule has 0 radical (unpaired) electrons. The summed E-state index contributed by atoms with van der Waals surface area (Å²) in [6.45, 7) is 0. The molecule has 144 valence electrons. The van der Waals surface area contributed by atoms with Gasteiger partial charge in [0.1, 0.15) is 5.54 Å². The number of carbonyl (C=O) groups excluding carboxylic acids is 1. The normalized spacial score (nSPS) is 32.0. The Hall–Kier alpha value is -2.19. The molecule has 2 aromatic carbocycles. The number of Topliss-reactive ketones (excluding diaryl/α,β-unsaturated/α-hetero) is 1. The maximum atomic E-state index is 13.8. The lowest BCUT2D eigenvalue weighted by Gasteiger charge is -2.29. The Morgan fingerprint density at radius 3 is 2.25 bits per heavy atom. The Bertz CT molecular complexity index is 866. The molecule has 0 N–H and O–H groups in total. The van der Waals surface area contributed by atoms with Crippen LogP contribution in [0.5, 0.6) is 0 Å². The van der Waals surface area contributed by atoms with Gasteiger partial charge in [-0.2, -0.15) is 0 Å². The summed E-state index contributed by atoms with van der Waals surface area (Å²) in [6.07, 6.45) is 11.6. The third-order valence-corrected chi connectivity index (χ3v) is 7.04. The maximum Gasteiger partial charge on any atom is 0.181 e. The molecule has 1 saturated heterocycles. The minimum Gasteiger partial charge on any atom is -0.292 e. The number of nitrogens with zero attached hydrogens (tertiary/aromatic N) is 1. The Morgan fingerprint density at radius 2 is 1.54 bits per heavy atom. The van der Waals surface area contributed by atoms with Crippen LogP contribution < -0.4 is 0 Å². The molecule has 2 saturated carbocycles. The van der Waals surface area contributed by atoms with Crippen molar-refractivity contribution in [2.24, 2.45) is 0 Å². The lowest BCUT2D eigenvalue weighted by atomic mass is 9.79. The van der Waals surface area contributed by atoms with E-state index in [1.54, 1.807) is 0 Å². The molecular weight excluding hydrogens is 342 g/mol. The molecule has 2 aliphatic carbocycles. The Morgan fingerprint density at radius 1 is 0.857 bits per heavy atom. The number of benzene rings is 2. The molecule has 1 spiro atoms. The van der Waals surface area contributed by atoms with Crippen molar-refractivity contribution >= 4 is 11.9 Å². The second-order valence-corrected chi connectivity index (χ2v) is 8.70. The van der Waals surface area contributed by atoms with Gasteiger partial charge in [0.25, 0.3) is 0 Å². The van der Waals surface area contributed by atoms with Crippen molar-refractivity contribution < 1.29 is 4.79 Å². The zero-order chi connectivity index (χ0) is 19.0. The predicted molar refractivity (Wildman–Crippen MR) is 114 cm³/mol. The van der Waals surface area contributed by atoms with E-state index in [4.69, 9.17) is 0 Å². The van der Waals surface area contributed by atoms with Crippen LogP contribution in [0.25, 0.3) is 6.08 Å². The topological polar surface area (TPSA) is 20.1 Å². The lowest BCUT2D eigenvalue weighted by molar-refractivity contribution is -0.120. The Labute approximate surface area is 168 Å². The number of carbonyl (C=O) groups is 1. The summed E-state index contributed by atoms with van der Waals surface area (Å²) in [5, 5.41) is 0. The van der Waals surface area contributed by atoms with Crippen molar-refractivity contribution in [3.05, 3.63) is 77.4 Å². The molecule has 0 bridgehead atoms. The van der Waals surface area contributed by atoms with Gasteiger partial charge < -0.3 is 0 Å². The summed E-state index contributed by atoms with van der Waals surface area (Å²) in [7, 11) is 0. The molecule has 2 nitrogen and oxygen atoms in total. The van der Waals surface area contributed by atoms with E-state index < -0.39 is 0 Å². The first-order chi connectivity index (χ1) is 13.8. The minimum atomic E-state index is -0.289. The van der Waals surface area contributed by atoms with E-state index in [1.165, 1.54) is 37.7 Å². The van der Waals surface area contributed by atoms with Crippen molar-refractivity contribution in [1.82, 2.24) is 4.90 Å². The summed E-state index contributed by atoms with van der Waals surface area (Å²) in [5.74, 6) is 0.391. The van der Waals surface area contributed by atoms with Crippen LogP contribution in [0.3, 0.4) is 0 Å². The highest BCUT2D eigenvalue weighted by atomic mass is 16.1. The van der Waals surface area contributed by atoms with E-state index in [9.17, 15) is 4.79 Å². The molecule has 5 rings (SSSR count). The molecule has 2 heteroatoms. The second kappa shape index (κ2) is 7.33. The zero-order valence-corrected chi connectivity index (χ0v) is 16.5. The fraction of sp³-hybridized carbons (Fsp3) is 0.423. The zero-order valence-electron chi connectivity index (χ0n) is 16.5. The SMILES string of the molecule is O=C1/C(=C/c2ccccc2)CCCC12C(c1ccccc1)N2C1CCCCC1. The molecule has 3 atom stereocenters. The first-order valence-electron chi connectivity index (χ1n) is 10.9. The van der Waals surface area contributed by atoms with Gasteiger partial charge in [-0.05, 0) is 54.9 Å². The smallest absolute Gasteiger partial charge is 0.181 e. The van der Waals surface area contributed by atoms with Gasteiger partial charge in [0.15, 0.2) is 5.78 Å². The van der Waals surface area contributed by atoms with Gasteiger partial charge in [-0.3, -0.25) is 9.69 Å². The van der Waals surface area contributed by atoms with Gasteiger partial charge in [-0.25, -0.2) is 0 Å². The molecule has 1 aliphatic heterocycles. The van der Waals surface area contributed by atoms with Crippen LogP contribution in [0, 0.1) is 0 Å². The third-order valence-electron chi connectivity index (χ3n) is 7.04. The Balaban J connectivity index is 1.51. The average Bonchev–Trinajstić information content (AvgIpc) is 3.42. The van der Waals surface area contributed by atoms with Crippen LogP contribution in [-0.2, 0) is 4.79 Å². The highest BCUT2D eigenvalue weighted by molar-refractivity contribution is 6.09. The van der Waals surface area contributed by atoms with E-state index in [1.807, 2.05) is 18.2 Å². The standard InChI is InChI=1S/C26H29NO/c28-25-22(19-20-11-4-1-5-12-20)15-10-18-26(25)24(21-13-6-2-7-14-21)27(26)23-16-8-3-9-17-23/h1-2,4-7,11-14,19,23-24H,3,8-10,15-18H2/b22-19+. The van der Waals surface area contributed by atoms with Gasteiger partial charge in [0, 0.05) is 6.04 Å². The summed E-state index contributed by atoms with van der Waals surface area (Å²) in [4.78, 5) is 16.5. The van der Waals surface area contributed by atoms with Crippen LogP contribution in [0.1, 0.15) is 68.5 Å². The van der Waals surface area contributed by atoms with Gasteiger partial charge in [0.2, 0.25) is 0 Å². The first-order valence-corrected chi connectivity index (χ1v) is 10.9. The number of hydrogen-bond acceptors (Lipinski definition) is 2. The van der Waals surface area contributed by atoms with Crippen LogP contribution in [-0.4, -0.2) is 22.3 Å². The molecule has 28 heavy (non-hydrogen) atoms. The van der Waals surface area contributed by atoms with E-state index in [2.05, 4.69) is 53.4 Å². The van der Waals surface area contributed by atoms with Crippen molar-refractivity contribution in [2.45, 2.75) is 69.0 Å². The van der Waals surface area contributed by atoms with E-state index >= 15 is 0 Å². The van der Waals surface area contributed by atoms with Crippen LogP contribution in [0.2, 0.25) is 0 Å². The van der Waals surface area contributed by atoms with Gasteiger partial charge >= 0.3 is 0 Å². The molecule has 3 aliphatic rings. The fourth-order valence-electron chi connectivity index (χ4n) is 5.77. The molecule has 1 heterocycles. The quantitative estimate of drug-likeness (QED) is 0.491. The van der Waals surface area contributed by atoms with Gasteiger partial charge in [0.05, 0.1) is 6.04 Å². The fourth-order valence-corrected chi connectivity index (χ4v) is 5.77. The molecule has 3 fully saturated rings. The molecule has 2 aromatic rings. The highest BCUT2D eigenvalue weighted by Crippen LogP contribution is 2.62. The van der Waals surface area contributed by atoms with Crippen LogP contribution in [0.15, 0.2) is 66.2 Å². The number of hydrogen-bond donors (Lipinski definition) is 0. The Kier molecular flexibility index (Phi) is 4.68. The van der Waals surface area contributed by atoms with Crippen LogP contribution in [0.4, 0.5) is 0 Å². The number of rotatable bonds is 3. The lowest BCUT2D eigenvalue weighted by Crippen LogP contribution is -2.38. The monoisotopic (exact) mass is 371 g/mol. The molecule has 0 aromatic heterocycles. The van der Waals surface area contributed by atoms with E-state index in [-0.39, 0.29) is 11.6 Å². The summed E-state index contributed by atoms with van der Waals surface area (Å²) < 4.78 is 0. The predicted octanol–water partition coefficient (Wildman–Crippen LogP) is 5.95. The van der Waals surface area contributed by atoms with Gasteiger partial charge in [-0.1, -0.05) is 79.9 Å². The van der Waals surface area contributed by atoms with Crippen LogP contribution >= 0.6 is 0 Å². The summed E-state index contributed by atoms with van der Waals surface area (Å²) in [6, 6.07) is 21.9. The average molecular weight is 372 g/mol. The third kappa shape index (κ3) is 2.95. The maximum absolute atomic E-state index is 13.8. The molecular formula is C26H29NO. The molecule has 0 amide bonds.